The van der Waals surface area contributed by atoms with Crippen molar-refractivity contribution in [1.29, 1.82) is 0 Å². The monoisotopic (exact) mass is 433 g/mol. The summed E-state index contributed by atoms with van der Waals surface area (Å²) in [5.41, 5.74) is 2.28. The van der Waals surface area contributed by atoms with Crippen LogP contribution >= 0.6 is 11.3 Å². The number of methoxy groups -OCH3 is 2. The van der Waals surface area contributed by atoms with Gasteiger partial charge in [-0.3, -0.25) is 10.1 Å². The molecule has 0 saturated heterocycles. The van der Waals surface area contributed by atoms with E-state index in [-0.39, 0.29) is 10.5 Å². The zero-order valence-electron chi connectivity index (χ0n) is 15.9. The van der Waals surface area contributed by atoms with Crippen molar-refractivity contribution < 1.29 is 22.7 Å². The highest BCUT2D eigenvalue weighted by Gasteiger charge is 2.17. The van der Waals surface area contributed by atoms with E-state index < -0.39 is 15.9 Å². The van der Waals surface area contributed by atoms with Crippen LogP contribution in [0, 0.1) is 6.92 Å². The highest BCUT2D eigenvalue weighted by Crippen LogP contribution is 2.33. The van der Waals surface area contributed by atoms with Crippen molar-refractivity contribution in [3.05, 3.63) is 52.9 Å². The minimum atomic E-state index is -3.91. The van der Waals surface area contributed by atoms with E-state index in [1.807, 2.05) is 6.07 Å². The number of anilines is 1. The summed E-state index contributed by atoms with van der Waals surface area (Å²) in [7, 11) is -0.804. The van der Waals surface area contributed by atoms with Crippen molar-refractivity contribution >= 4 is 32.4 Å². The number of nitrogens with one attached hydrogen (secondary N) is 1. The maximum Gasteiger partial charge on any atom is 0.257 e. The summed E-state index contributed by atoms with van der Waals surface area (Å²) in [5.74, 6) is 0.699. The van der Waals surface area contributed by atoms with Crippen LogP contribution in [0.15, 0.2) is 46.7 Å². The lowest BCUT2D eigenvalue weighted by atomic mass is 10.1. The lowest BCUT2D eigenvalue weighted by molar-refractivity contribution is 0.102. The molecular formula is C19H19N3O5S2. The van der Waals surface area contributed by atoms with Crippen LogP contribution in [-0.4, -0.2) is 33.5 Å². The minimum absolute atomic E-state index is 0.126. The van der Waals surface area contributed by atoms with Crippen molar-refractivity contribution in [2.75, 3.05) is 19.5 Å². The Kier molecular flexibility index (Phi) is 5.87. The van der Waals surface area contributed by atoms with Gasteiger partial charge in [0.25, 0.3) is 5.91 Å². The molecule has 0 aliphatic rings. The Labute approximate surface area is 172 Å². The van der Waals surface area contributed by atoms with Crippen molar-refractivity contribution in [2.45, 2.75) is 11.8 Å². The fourth-order valence-corrected chi connectivity index (χ4v) is 3.90. The molecule has 1 aromatic heterocycles. The van der Waals surface area contributed by atoms with Gasteiger partial charge < -0.3 is 9.47 Å². The van der Waals surface area contributed by atoms with Crippen LogP contribution in [0.4, 0.5) is 5.13 Å². The molecule has 0 bridgehead atoms. The second-order valence-electron chi connectivity index (χ2n) is 6.08. The molecule has 1 heterocycles. The van der Waals surface area contributed by atoms with Gasteiger partial charge in [0.2, 0.25) is 10.0 Å². The summed E-state index contributed by atoms with van der Waals surface area (Å²) >= 11 is 1.25. The number of carbonyl (C=O) groups is 1. The average molecular weight is 434 g/mol. The first-order chi connectivity index (χ1) is 13.7. The van der Waals surface area contributed by atoms with E-state index in [2.05, 4.69) is 10.3 Å². The van der Waals surface area contributed by atoms with E-state index in [1.165, 1.54) is 29.5 Å². The topological polar surface area (TPSA) is 121 Å². The van der Waals surface area contributed by atoms with Crippen LogP contribution in [0.5, 0.6) is 11.5 Å². The van der Waals surface area contributed by atoms with Crippen molar-refractivity contribution in [3.8, 4) is 22.8 Å². The largest absolute Gasteiger partial charge is 0.493 e. The van der Waals surface area contributed by atoms with Gasteiger partial charge in [-0.25, -0.2) is 18.5 Å². The van der Waals surface area contributed by atoms with E-state index >= 15 is 0 Å². The lowest BCUT2D eigenvalue weighted by Crippen LogP contribution is -2.17. The van der Waals surface area contributed by atoms with Crippen molar-refractivity contribution in [1.82, 2.24) is 4.98 Å². The van der Waals surface area contributed by atoms with Crippen LogP contribution < -0.4 is 19.9 Å². The van der Waals surface area contributed by atoms with Gasteiger partial charge in [-0.15, -0.1) is 11.3 Å². The maximum absolute atomic E-state index is 12.6. The Balaban J connectivity index is 1.85. The average Bonchev–Trinajstić information content (AvgIpc) is 3.15. The first-order valence-corrected chi connectivity index (χ1v) is 10.8. The number of nitrogens with two attached hydrogens (primary N) is 1. The van der Waals surface area contributed by atoms with Crippen LogP contribution in [0.1, 0.15) is 15.9 Å². The minimum Gasteiger partial charge on any atom is -0.493 e. The number of nitrogens with zero attached hydrogens (tertiary/aromatic N) is 1. The summed E-state index contributed by atoms with van der Waals surface area (Å²) in [5, 5.41) is 10.0. The molecule has 152 valence electrons. The predicted molar refractivity (Wildman–Crippen MR) is 111 cm³/mol. The normalized spacial score (nSPS) is 11.2. The Morgan fingerprint density at radius 3 is 2.48 bits per heavy atom. The molecule has 29 heavy (non-hydrogen) atoms. The second-order valence-corrected chi connectivity index (χ2v) is 8.50. The first kappa shape index (κ1) is 20.8. The number of ether oxygens (including phenoxy) is 2. The molecule has 0 atom stereocenters. The highest BCUT2D eigenvalue weighted by atomic mass is 32.2. The standard InChI is InChI=1S/C19H19N3O5S2/c1-11-4-6-13(29(20,24)25)9-14(11)18(23)22-19-21-15(10-28-19)12-5-7-16(26-2)17(8-12)27-3/h4-10H,1-3H3,(H2,20,24,25)(H,21,22,23). The van der Waals surface area contributed by atoms with Crippen LogP contribution in [0.3, 0.4) is 0 Å². The predicted octanol–water partition coefficient (Wildman–Crippen LogP) is 3.04. The quantitative estimate of drug-likeness (QED) is 0.616. The highest BCUT2D eigenvalue weighted by molar-refractivity contribution is 7.89. The molecule has 3 rings (SSSR count). The fourth-order valence-electron chi connectivity index (χ4n) is 2.65. The number of benzene rings is 2. The molecular weight excluding hydrogens is 414 g/mol. The summed E-state index contributed by atoms with van der Waals surface area (Å²) in [4.78, 5) is 16.9. The number of aryl methyl sites for hydroxylation is 1. The Morgan fingerprint density at radius 2 is 1.83 bits per heavy atom. The molecule has 0 aliphatic carbocycles. The second kappa shape index (κ2) is 8.19. The van der Waals surface area contributed by atoms with Gasteiger partial charge in [-0.05, 0) is 42.8 Å². The SMILES string of the molecule is COc1ccc(-c2csc(NC(=O)c3cc(S(N)(=O)=O)ccc3C)n2)cc1OC. The zero-order chi connectivity index (χ0) is 21.2. The molecule has 0 saturated carbocycles. The molecule has 3 N–H and O–H groups in total. The van der Waals surface area contributed by atoms with E-state index in [0.717, 1.165) is 5.56 Å². The van der Waals surface area contributed by atoms with Gasteiger partial charge in [-0.2, -0.15) is 0 Å². The Morgan fingerprint density at radius 1 is 1.10 bits per heavy atom. The van der Waals surface area contributed by atoms with Crippen molar-refractivity contribution in [3.63, 3.8) is 0 Å². The molecule has 0 spiro atoms. The molecule has 8 nitrogen and oxygen atoms in total. The number of hydrogen-bond donors (Lipinski definition) is 2. The third-order valence-corrected chi connectivity index (χ3v) is 5.85. The number of amides is 1. The molecule has 0 unspecified atom stereocenters. The fraction of sp³-hybridized carbons (Fsp3) is 0.158. The first-order valence-electron chi connectivity index (χ1n) is 8.35. The van der Waals surface area contributed by atoms with E-state index in [0.29, 0.717) is 27.9 Å². The van der Waals surface area contributed by atoms with Gasteiger partial charge in [0.15, 0.2) is 16.6 Å². The van der Waals surface area contributed by atoms with E-state index in [1.54, 1.807) is 38.7 Å². The summed E-state index contributed by atoms with van der Waals surface area (Å²) in [6.45, 7) is 1.71. The number of aromatic nitrogens is 1. The van der Waals surface area contributed by atoms with Gasteiger partial charge in [0, 0.05) is 16.5 Å². The number of primary sulfonamides is 1. The molecule has 0 fully saturated rings. The van der Waals surface area contributed by atoms with Crippen molar-refractivity contribution in [2.24, 2.45) is 5.14 Å². The van der Waals surface area contributed by atoms with Crippen LogP contribution in [0.25, 0.3) is 11.3 Å². The zero-order valence-corrected chi connectivity index (χ0v) is 17.6. The summed E-state index contributed by atoms with van der Waals surface area (Å²) in [6, 6.07) is 9.54. The molecule has 3 aromatic rings. The van der Waals surface area contributed by atoms with Gasteiger partial charge >= 0.3 is 0 Å². The van der Waals surface area contributed by atoms with Crippen LogP contribution in [0.2, 0.25) is 0 Å². The third-order valence-electron chi connectivity index (χ3n) is 4.19. The number of rotatable bonds is 6. The third kappa shape index (κ3) is 4.56. The van der Waals surface area contributed by atoms with E-state index in [9.17, 15) is 13.2 Å². The van der Waals surface area contributed by atoms with E-state index in [4.69, 9.17) is 14.6 Å². The van der Waals surface area contributed by atoms with Gasteiger partial charge in [0.1, 0.15) is 0 Å². The molecule has 0 aliphatic heterocycles. The van der Waals surface area contributed by atoms with Gasteiger partial charge in [-0.1, -0.05) is 6.07 Å². The Hall–Kier alpha value is -2.95. The molecule has 1 amide bonds. The number of sulfonamides is 1. The molecule has 10 heteroatoms. The maximum atomic E-state index is 12.6. The number of carbonyl (C=O) groups excluding carboxylic acids is 1. The van der Waals surface area contributed by atoms with Gasteiger partial charge in [0.05, 0.1) is 24.8 Å². The lowest BCUT2D eigenvalue weighted by Gasteiger charge is -2.08. The number of hydrogen-bond acceptors (Lipinski definition) is 7. The summed E-state index contributed by atoms with van der Waals surface area (Å²) in [6.07, 6.45) is 0. The van der Waals surface area contributed by atoms with Crippen LogP contribution in [-0.2, 0) is 10.0 Å². The number of thiazole rings is 1. The smallest absolute Gasteiger partial charge is 0.257 e. The molecule has 0 radical (unpaired) electrons. The Bertz CT molecular complexity index is 1170. The summed E-state index contributed by atoms with van der Waals surface area (Å²) < 4.78 is 33.6. The molecule has 2 aromatic carbocycles.